The summed E-state index contributed by atoms with van der Waals surface area (Å²) in [6.07, 6.45) is 5.17. The van der Waals surface area contributed by atoms with Crippen molar-refractivity contribution < 1.29 is 14.7 Å². The highest BCUT2D eigenvalue weighted by atomic mass is 16.3. The van der Waals surface area contributed by atoms with Crippen LogP contribution in [-0.4, -0.2) is 77.5 Å². The molecule has 6 nitrogen and oxygen atoms in total. The van der Waals surface area contributed by atoms with E-state index in [0.29, 0.717) is 12.5 Å². The highest BCUT2D eigenvalue weighted by molar-refractivity contribution is 5.88. The molecule has 3 aliphatic rings. The molecule has 3 fully saturated rings. The highest BCUT2D eigenvalue weighted by Gasteiger charge is 2.53. The molecule has 0 radical (unpaired) electrons. The molecule has 0 aromatic carbocycles. The molecule has 2 N–H and O–H groups in total. The third kappa shape index (κ3) is 2.57. The van der Waals surface area contributed by atoms with Crippen molar-refractivity contribution in [2.24, 2.45) is 5.92 Å². The number of aldehydes is 1. The van der Waals surface area contributed by atoms with Gasteiger partial charge in [0.1, 0.15) is 6.29 Å². The zero-order chi connectivity index (χ0) is 15.7. The Hall–Kier alpha value is -0.980. The zero-order valence-electron chi connectivity index (χ0n) is 13.3. The van der Waals surface area contributed by atoms with E-state index in [2.05, 4.69) is 15.1 Å². The largest absolute Gasteiger partial charge is 0.396 e. The number of hydrogen-bond acceptors (Lipinski definition) is 5. The number of piperazine rings is 1. The van der Waals surface area contributed by atoms with E-state index in [0.717, 1.165) is 25.9 Å². The molecule has 3 saturated heterocycles. The van der Waals surface area contributed by atoms with E-state index in [9.17, 15) is 9.59 Å². The Bertz CT molecular complexity index is 444. The minimum atomic E-state index is -0.669. The van der Waals surface area contributed by atoms with Crippen LogP contribution in [0.1, 0.15) is 32.6 Å². The van der Waals surface area contributed by atoms with Crippen LogP contribution in [-0.2, 0) is 9.59 Å². The van der Waals surface area contributed by atoms with E-state index in [1.807, 2.05) is 6.92 Å². The molecule has 1 amide bonds. The molecule has 0 spiro atoms. The maximum Gasteiger partial charge on any atom is 0.225 e. The number of β-lactam (4-membered cyclic amide) rings is 1. The number of nitrogens with one attached hydrogen (secondary N) is 1. The van der Waals surface area contributed by atoms with Crippen molar-refractivity contribution in [2.45, 2.75) is 50.2 Å². The van der Waals surface area contributed by atoms with Gasteiger partial charge in [-0.05, 0) is 32.7 Å². The lowest BCUT2D eigenvalue weighted by atomic mass is 9.74. The van der Waals surface area contributed by atoms with Crippen molar-refractivity contribution >= 4 is 12.2 Å². The zero-order valence-corrected chi connectivity index (χ0v) is 13.3. The number of aliphatic hydroxyl groups is 1. The third-order valence-corrected chi connectivity index (χ3v) is 5.86. The molecular formula is C16H27N3O3. The van der Waals surface area contributed by atoms with Crippen molar-refractivity contribution in [1.82, 2.24) is 15.1 Å². The lowest BCUT2D eigenvalue weighted by Gasteiger charge is -2.54. The monoisotopic (exact) mass is 309 g/mol. The Labute approximate surface area is 131 Å². The van der Waals surface area contributed by atoms with Crippen LogP contribution in [0.15, 0.2) is 0 Å². The lowest BCUT2D eigenvalue weighted by molar-refractivity contribution is -0.146. The number of rotatable bonds is 5. The standard InChI is InChI=1S/C16H27N3O3/c1-16(11-21,14-13(5-9-20)15(22)17-14)19-8-7-18-6-3-2-4-12(18)10-19/h11-14,20H,2-10H2,1H3,(H,17,22)/t12-,13+,14-,16+/m1/s1. The van der Waals surface area contributed by atoms with Gasteiger partial charge in [0.25, 0.3) is 0 Å². The maximum absolute atomic E-state index is 11.9. The number of nitrogens with zero attached hydrogens (tertiary/aromatic N) is 2. The van der Waals surface area contributed by atoms with Gasteiger partial charge < -0.3 is 15.2 Å². The number of carbonyl (C=O) groups excluding carboxylic acids is 2. The van der Waals surface area contributed by atoms with E-state index >= 15 is 0 Å². The summed E-state index contributed by atoms with van der Waals surface area (Å²) < 4.78 is 0. The predicted octanol–water partition coefficient (Wildman–Crippen LogP) is -0.389. The van der Waals surface area contributed by atoms with Crippen LogP contribution in [0.25, 0.3) is 0 Å². The fraction of sp³-hybridized carbons (Fsp3) is 0.875. The molecule has 4 atom stereocenters. The first-order chi connectivity index (χ1) is 10.6. The van der Waals surface area contributed by atoms with Gasteiger partial charge in [0.05, 0.1) is 17.5 Å². The van der Waals surface area contributed by atoms with Gasteiger partial charge in [0, 0.05) is 32.3 Å². The van der Waals surface area contributed by atoms with Crippen LogP contribution < -0.4 is 5.32 Å². The maximum atomic E-state index is 11.9. The van der Waals surface area contributed by atoms with E-state index in [1.54, 1.807) is 0 Å². The van der Waals surface area contributed by atoms with Crippen LogP contribution >= 0.6 is 0 Å². The van der Waals surface area contributed by atoms with Crippen molar-refractivity contribution in [1.29, 1.82) is 0 Å². The van der Waals surface area contributed by atoms with Gasteiger partial charge in [-0.25, -0.2) is 0 Å². The average Bonchev–Trinajstić information content (AvgIpc) is 2.56. The van der Waals surface area contributed by atoms with E-state index < -0.39 is 5.54 Å². The molecule has 0 aromatic rings. The Morgan fingerprint density at radius 1 is 1.36 bits per heavy atom. The van der Waals surface area contributed by atoms with Gasteiger partial charge in [-0.15, -0.1) is 0 Å². The van der Waals surface area contributed by atoms with Gasteiger partial charge in [-0.2, -0.15) is 0 Å². The summed E-state index contributed by atoms with van der Waals surface area (Å²) in [5, 5.41) is 12.1. The number of carbonyl (C=O) groups is 2. The van der Waals surface area contributed by atoms with Crippen molar-refractivity contribution in [3.05, 3.63) is 0 Å². The van der Waals surface area contributed by atoms with Crippen LogP contribution in [0.4, 0.5) is 0 Å². The van der Waals surface area contributed by atoms with Gasteiger partial charge in [0.2, 0.25) is 5.91 Å². The predicted molar refractivity (Wildman–Crippen MR) is 82.4 cm³/mol. The Morgan fingerprint density at radius 3 is 2.86 bits per heavy atom. The Morgan fingerprint density at radius 2 is 2.18 bits per heavy atom. The fourth-order valence-corrected chi connectivity index (χ4v) is 4.34. The van der Waals surface area contributed by atoms with Gasteiger partial charge in [0.15, 0.2) is 0 Å². The molecule has 6 heteroatoms. The molecule has 0 unspecified atom stereocenters. The third-order valence-electron chi connectivity index (χ3n) is 5.86. The van der Waals surface area contributed by atoms with E-state index in [-0.39, 0.29) is 24.5 Å². The minimum absolute atomic E-state index is 0.0140. The second-order valence-electron chi connectivity index (χ2n) is 7.08. The average molecular weight is 309 g/mol. The smallest absolute Gasteiger partial charge is 0.225 e. The second kappa shape index (κ2) is 6.26. The van der Waals surface area contributed by atoms with Crippen LogP contribution in [0.3, 0.4) is 0 Å². The number of aliphatic hydroxyl groups excluding tert-OH is 1. The summed E-state index contributed by atoms with van der Waals surface area (Å²) in [6, 6.07) is 0.355. The summed E-state index contributed by atoms with van der Waals surface area (Å²) in [7, 11) is 0. The normalized spacial score (nSPS) is 35.9. The van der Waals surface area contributed by atoms with Gasteiger partial charge >= 0.3 is 0 Å². The summed E-state index contributed by atoms with van der Waals surface area (Å²) >= 11 is 0. The second-order valence-corrected chi connectivity index (χ2v) is 7.08. The molecular weight excluding hydrogens is 282 g/mol. The molecule has 0 aliphatic carbocycles. The molecule has 3 heterocycles. The molecule has 0 aromatic heterocycles. The van der Waals surface area contributed by atoms with Crippen LogP contribution in [0.2, 0.25) is 0 Å². The summed E-state index contributed by atoms with van der Waals surface area (Å²) in [5.41, 5.74) is -0.669. The highest BCUT2D eigenvalue weighted by Crippen LogP contribution is 2.33. The molecule has 3 rings (SSSR count). The Kier molecular flexibility index (Phi) is 4.52. The first-order valence-corrected chi connectivity index (χ1v) is 8.47. The molecule has 22 heavy (non-hydrogen) atoms. The molecule has 0 bridgehead atoms. The summed E-state index contributed by atoms with van der Waals surface area (Å²) in [5.74, 6) is -0.284. The lowest BCUT2D eigenvalue weighted by Crippen LogP contribution is -2.75. The number of amides is 1. The van der Waals surface area contributed by atoms with Crippen molar-refractivity contribution in [3.8, 4) is 0 Å². The van der Waals surface area contributed by atoms with Gasteiger partial charge in [-0.3, -0.25) is 14.6 Å². The molecule has 0 saturated carbocycles. The van der Waals surface area contributed by atoms with E-state index in [4.69, 9.17) is 5.11 Å². The first-order valence-electron chi connectivity index (χ1n) is 8.47. The van der Waals surface area contributed by atoms with Crippen molar-refractivity contribution in [2.75, 3.05) is 32.8 Å². The van der Waals surface area contributed by atoms with Crippen LogP contribution in [0.5, 0.6) is 0 Å². The number of hydrogen-bond donors (Lipinski definition) is 2. The fourth-order valence-electron chi connectivity index (χ4n) is 4.34. The topological polar surface area (TPSA) is 72.9 Å². The number of fused-ring (bicyclic) bond motifs is 1. The SMILES string of the molecule is C[C@](C=O)([C@@H]1NC(=O)[C@H]1CCO)N1CCN2CCCC[C@@H]2C1. The van der Waals surface area contributed by atoms with E-state index in [1.165, 1.54) is 25.8 Å². The summed E-state index contributed by atoms with van der Waals surface area (Å²) in [6.45, 7) is 5.85. The van der Waals surface area contributed by atoms with Crippen molar-refractivity contribution in [3.63, 3.8) is 0 Å². The van der Waals surface area contributed by atoms with Gasteiger partial charge in [-0.1, -0.05) is 6.42 Å². The molecule has 3 aliphatic heterocycles. The first kappa shape index (κ1) is 15.9. The van der Waals surface area contributed by atoms with Crippen LogP contribution in [0, 0.1) is 5.92 Å². The molecule has 124 valence electrons. The Balaban J connectivity index is 1.72. The minimum Gasteiger partial charge on any atom is -0.396 e. The summed E-state index contributed by atoms with van der Waals surface area (Å²) in [4.78, 5) is 28.4. The quantitative estimate of drug-likeness (QED) is 0.535. The number of piperidine rings is 1.